The number of ether oxygens (including phenoxy) is 2. The van der Waals surface area contributed by atoms with Crippen molar-refractivity contribution in [2.45, 2.75) is 109 Å². The Balaban J connectivity index is 1.61. The van der Waals surface area contributed by atoms with Crippen molar-refractivity contribution in [1.82, 2.24) is 19.5 Å². The molecule has 0 unspecified atom stereocenters. The van der Waals surface area contributed by atoms with Crippen molar-refractivity contribution in [2.24, 2.45) is 0 Å². The molecule has 40 heavy (non-hydrogen) atoms. The number of rotatable bonds is 9. The zero-order valence-electron chi connectivity index (χ0n) is 25.7. The van der Waals surface area contributed by atoms with Gasteiger partial charge in [0.15, 0.2) is 22.2 Å². The maximum atomic E-state index is 12.6. The quantitative estimate of drug-likeness (QED) is 0.290. The lowest BCUT2D eigenvalue weighted by molar-refractivity contribution is -0.0383. The number of imidazole rings is 1. The van der Waals surface area contributed by atoms with Crippen molar-refractivity contribution in [2.75, 3.05) is 6.61 Å². The molecule has 0 aliphatic carbocycles. The first-order chi connectivity index (χ1) is 18.5. The molecule has 0 bridgehead atoms. The van der Waals surface area contributed by atoms with Gasteiger partial charge in [-0.1, -0.05) is 71.9 Å². The molecule has 3 aromatic rings. The SMILES string of the molecule is CC(C)(C)[Si](C)(C)OC[C@H]1O[C@@H](n2cnc3c(OCc4ccccc4)nc(=O)[nH]c32)C[C@H]1O[Si](C)(C)C(C)(C)C. The van der Waals surface area contributed by atoms with E-state index in [9.17, 15) is 4.79 Å². The summed E-state index contributed by atoms with van der Waals surface area (Å²) in [5.41, 5.74) is 1.49. The minimum atomic E-state index is -2.09. The Hall–Kier alpha value is -2.32. The molecule has 2 aromatic heterocycles. The van der Waals surface area contributed by atoms with Crippen LogP contribution in [0.15, 0.2) is 41.5 Å². The molecule has 1 aliphatic heterocycles. The van der Waals surface area contributed by atoms with Crippen molar-refractivity contribution in [3.63, 3.8) is 0 Å². The summed E-state index contributed by atoms with van der Waals surface area (Å²) in [6.45, 7) is 23.2. The maximum absolute atomic E-state index is 12.6. The molecule has 1 fully saturated rings. The number of hydrogen-bond acceptors (Lipinski definition) is 7. The lowest BCUT2D eigenvalue weighted by atomic mass is 10.2. The van der Waals surface area contributed by atoms with E-state index in [4.69, 9.17) is 18.3 Å². The van der Waals surface area contributed by atoms with Crippen LogP contribution < -0.4 is 10.4 Å². The number of nitrogens with one attached hydrogen (secondary N) is 1. The van der Waals surface area contributed by atoms with E-state index in [1.165, 1.54) is 0 Å². The van der Waals surface area contributed by atoms with Gasteiger partial charge in [0.1, 0.15) is 24.6 Å². The van der Waals surface area contributed by atoms with E-state index in [1.807, 2.05) is 34.9 Å². The first-order valence-corrected chi connectivity index (χ1v) is 19.9. The van der Waals surface area contributed by atoms with Gasteiger partial charge in [0.25, 0.3) is 0 Å². The monoisotopic (exact) mass is 586 g/mol. The fourth-order valence-corrected chi connectivity index (χ4v) is 6.54. The smallest absolute Gasteiger partial charge is 0.349 e. The molecular weight excluding hydrogens is 541 g/mol. The van der Waals surface area contributed by atoms with Gasteiger partial charge in [-0.15, -0.1) is 0 Å². The van der Waals surface area contributed by atoms with Crippen LogP contribution in [0.1, 0.15) is 59.8 Å². The summed E-state index contributed by atoms with van der Waals surface area (Å²) >= 11 is 0. The van der Waals surface area contributed by atoms with E-state index < -0.39 is 22.3 Å². The summed E-state index contributed by atoms with van der Waals surface area (Å²) in [6.07, 6.45) is 1.54. The average molecular weight is 587 g/mol. The number of aromatic nitrogens is 4. The first kappa shape index (κ1) is 30.6. The summed E-state index contributed by atoms with van der Waals surface area (Å²) in [7, 11) is -4.09. The van der Waals surface area contributed by atoms with Gasteiger partial charge in [0.05, 0.1) is 19.0 Å². The fourth-order valence-electron chi connectivity index (χ4n) is 4.17. The van der Waals surface area contributed by atoms with Crippen molar-refractivity contribution >= 4 is 27.8 Å². The number of hydrogen-bond donors (Lipinski definition) is 1. The van der Waals surface area contributed by atoms with Gasteiger partial charge in [-0.2, -0.15) is 4.98 Å². The molecule has 0 saturated carbocycles. The van der Waals surface area contributed by atoms with Gasteiger partial charge in [-0.05, 0) is 41.8 Å². The highest BCUT2D eigenvalue weighted by molar-refractivity contribution is 6.74. The van der Waals surface area contributed by atoms with Crippen molar-refractivity contribution < 1.29 is 18.3 Å². The summed E-state index contributed by atoms with van der Waals surface area (Å²) in [5, 5.41) is 0.142. The van der Waals surface area contributed by atoms with Gasteiger partial charge < -0.3 is 18.3 Å². The molecule has 0 amide bonds. The summed E-state index contributed by atoms with van der Waals surface area (Å²) in [6, 6.07) is 9.76. The third-order valence-electron chi connectivity index (χ3n) is 8.80. The lowest BCUT2D eigenvalue weighted by Crippen LogP contribution is -2.48. The topological polar surface area (TPSA) is 100 Å². The number of aromatic amines is 1. The van der Waals surface area contributed by atoms with Gasteiger partial charge in [0.2, 0.25) is 5.88 Å². The predicted octanol–water partition coefficient (Wildman–Crippen LogP) is 6.40. The minimum absolute atomic E-state index is 0.0551. The Morgan fingerprint density at radius 1 is 1.02 bits per heavy atom. The minimum Gasteiger partial charge on any atom is -0.471 e. The molecule has 9 nitrogen and oxygen atoms in total. The van der Waals surface area contributed by atoms with Crippen LogP contribution in [0.5, 0.6) is 5.88 Å². The normalized spacial score (nSPS) is 20.8. The standard InChI is InChI=1S/C29H46N4O5Si2/c1-28(2,3)39(7,8)36-18-22-21(38-40(9,10)29(4,5)6)16-23(37-22)33-19-30-24-25(33)31-27(34)32-26(24)35-17-20-14-12-11-13-15-20/h11-15,19,21-23H,16-18H2,1-10H3,(H,31,32,34)/t21-,22-,23-/m1/s1. The second-order valence-electron chi connectivity index (χ2n) is 13.8. The van der Waals surface area contributed by atoms with Crippen LogP contribution in [-0.2, 0) is 20.2 Å². The van der Waals surface area contributed by atoms with E-state index in [-0.39, 0.29) is 41.0 Å². The molecule has 1 saturated heterocycles. The van der Waals surface area contributed by atoms with Gasteiger partial charge in [-0.3, -0.25) is 9.55 Å². The van der Waals surface area contributed by atoms with Crippen molar-refractivity contribution in [3.8, 4) is 5.88 Å². The zero-order valence-corrected chi connectivity index (χ0v) is 27.7. The predicted molar refractivity (Wildman–Crippen MR) is 163 cm³/mol. The van der Waals surface area contributed by atoms with Gasteiger partial charge in [0, 0.05) is 6.42 Å². The van der Waals surface area contributed by atoms with Gasteiger partial charge in [-0.25, -0.2) is 9.78 Å². The molecule has 0 spiro atoms. The maximum Gasteiger partial charge on any atom is 0.349 e. The van der Waals surface area contributed by atoms with Crippen molar-refractivity contribution in [1.29, 1.82) is 0 Å². The summed E-state index contributed by atoms with van der Waals surface area (Å²) in [5.74, 6) is 0.200. The lowest BCUT2D eigenvalue weighted by Gasteiger charge is -2.40. The number of nitrogens with zero attached hydrogens (tertiary/aromatic N) is 3. The van der Waals surface area contributed by atoms with Crippen LogP contribution in [0.2, 0.25) is 36.3 Å². The van der Waals surface area contributed by atoms with E-state index in [2.05, 4.69) is 82.7 Å². The highest BCUT2D eigenvalue weighted by atomic mass is 28.4. The molecule has 4 rings (SSSR count). The van der Waals surface area contributed by atoms with Crippen molar-refractivity contribution in [3.05, 3.63) is 52.7 Å². The molecule has 1 aliphatic rings. The summed E-state index contributed by atoms with van der Waals surface area (Å²) < 4.78 is 28.0. The third kappa shape index (κ3) is 6.59. The van der Waals surface area contributed by atoms with Crippen LogP contribution >= 0.6 is 0 Å². The average Bonchev–Trinajstić information content (AvgIpc) is 3.44. The highest BCUT2D eigenvalue weighted by Gasteiger charge is 2.47. The fraction of sp³-hybridized carbons (Fsp3) is 0.621. The third-order valence-corrected chi connectivity index (χ3v) is 17.8. The van der Waals surface area contributed by atoms with E-state index >= 15 is 0 Å². The molecule has 1 N–H and O–H groups in total. The van der Waals surface area contributed by atoms with Crippen LogP contribution in [0.25, 0.3) is 11.2 Å². The van der Waals surface area contributed by atoms with E-state index in [0.717, 1.165) is 5.56 Å². The Morgan fingerprint density at radius 3 is 2.30 bits per heavy atom. The van der Waals surface area contributed by atoms with Crippen LogP contribution in [0.3, 0.4) is 0 Å². The second kappa shape index (κ2) is 11.2. The Kier molecular flexibility index (Phi) is 8.55. The second-order valence-corrected chi connectivity index (χ2v) is 23.4. The van der Waals surface area contributed by atoms with E-state index in [1.54, 1.807) is 6.33 Å². The number of fused-ring (bicyclic) bond motifs is 1. The number of H-pyrrole nitrogens is 1. The summed E-state index contributed by atoms with van der Waals surface area (Å²) in [4.78, 5) is 24.0. The zero-order chi connectivity index (χ0) is 29.5. The Morgan fingerprint density at radius 2 is 1.68 bits per heavy atom. The largest absolute Gasteiger partial charge is 0.471 e. The van der Waals surface area contributed by atoms with E-state index in [0.29, 0.717) is 24.2 Å². The van der Waals surface area contributed by atoms with Crippen LogP contribution in [-0.4, -0.2) is 55.0 Å². The first-order valence-electron chi connectivity index (χ1n) is 14.1. The molecule has 1 aromatic carbocycles. The Labute approximate surface area is 239 Å². The highest BCUT2D eigenvalue weighted by Crippen LogP contribution is 2.43. The van der Waals surface area contributed by atoms with Crippen LogP contribution in [0.4, 0.5) is 0 Å². The molecule has 11 heteroatoms. The molecule has 0 radical (unpaired) electrons. The van der Waals surface area contributed by atoms with Crippen LogP contribution in [0, 0.1) is 0 Å². The molecular formula is C29H46N4O5Si2. The number of benzene rings is 1. The molecule has 220 valence electrons. The van der Waals surface area contributed by atoms with Gasteiger partial charge >= 0.3 is 5.69 Å². The molecule has 3 atom stereocenters. The molecule has 3 heterocycles. The Bertz CT molecular complexity index is 1360.